The minimum absolute atomic E-state index is 0.352. The minimum atomic E-state index is -0.551. The van der Waals surface area contributed by atoms with Crippen LogP contribution in [0, 0.1) is 0 Å². The molecule has 0 fully saturated rings. The Morgan fingerprint density at radius 3 is 2.62 bits per heavy atom. The molecule has 1 N–H and O–H groups in total. The summed E-state index contributed by atoms with van der Waals surface area (Å²) in [4.78, 5) is 11.4. The number of hydrogen-bond acceptors (Lipinski definition) is 2. The zero-order valence-corrected chi connectivity index (χ0v) is 10.5. The molecule has 0 spiro atoms. The van der Waals surface area contributed by atoms with Gasteiger partial charge in [0.25, 0.3) is 0 Å². The van der Waals surface area contributed by atoms with Crippen molar-refractivity contribution in [1.82, 2.24) is 5.32 Å². The average molecular weight is 242 g/mol. The number of carbonyl (C=O) groups excluding carboxylic acids is 1. The molecular formula is C12H16ClNO2. The van der Waals surface area contributed by atoms with E-state index in [2.05, 4.69) is 5.32 Å². The molecule has 0 atom stereocenters. The standard InChI is InChI=1S/C12H16ClNO2/c1-4-16-11(15)14-12(2,3)9-7-5-6-8-10(9)13/h5-8H,4H2,1-3H3,(H,14,15). The van der Waals surface area contributed by atoms with E-state index < -0.39 is 11.6 Å². The molecule has 88 valence electrons. The van der Waals surface area contributed by atoms with Gasteiger partial charge in [-0.05, 0) is 32.4 Å². The van der Waals surface area contributed by atoms with Crippen LogP contribution in [0.1, 0.15) is 26.3 Å². The molecule has 4 heteroatoms. The number of halogens is 1. The van der Waals surface area contributed by atoms with Crippen LogP contribution in [0.15, 0.2) is 24.3 Å². The fraction of sp³-hybridized carbons (Fsp3) is 0.417. The van der Waals surface area contributed by atoms with E-state index in [0.29, 0.717) is 11.6 Å². The first-order valence-electron chi connectivity index (χ1n) is 5.17. The molecule has 0 unspecified atom stereocenters. The Morgan fingerprint density at radius 2 is 2.06 bits per heavy atom. The SMILES string of the molecule is CCOC(=O)NC(C)(C)c1ccccc1Cl. The number of nitrogens with one attached hydrogen (secondary N) is 1. The molecule has 0 saturated heterocycles. The summed E-state index contributed by atoms with van der Waals surface area (Å²) in [6.07, 6.45) is -0.438. The Morgan fingerprint density at radius 1 is 1.44 bits per heavy atom. The highest BCUT2D eigenvalue weighted by Crippen LogP contribution is 2.27. The highest BCUT2D eigenvalue weighted by Gasteiger charge is 2.25. The van der Waals surface area contributed by atoms with Gasteiger partial charge in [0.15, 0.2) is 0 Å². The van der Waals surface area contributed by atoms with Crippen LogP contribution in [0.3, 0.4) is 0 Å². The Balaban J connectivity index is 2.85. The number of carbonyl (C=O) groups is 1. The summed E-state index contributed by atoms with van der Waals surface area (Å²) in [5, 5.41) is 3.40. The molecule has 0 aliphatic rings. The third-order valence-corrected chi connectivity index (χ3v) is 2.57. The molecule has 0 aromatic heterocycles. The van der Waals surface area contributed by atoms with E-state index in [4.69, 9.17) is 16.3 Å². The summed E-state index contributed by atoms with van der Waals surface area (Å²) in [6.45, 7) is 5.88. The third kappa shape index (κ3) is 3.14. The zero-order chi connectivity index (χ0) is 12.2. The van der Waals surface area contributed by atoms with Gasteiger partial charge in [0, 0.05) is 5.02 Å². The van der Waals surface area contributed by atoms with Crippen molar-refractivity contribution in [3.05, 3.63) is 34.9 Å². The summed E-state index contributed by atoms with van der Waals surface area (Å²) < 4.78 is 4.85. The molecule has 0 aliphatic heterocycles. The van der Waals surface area contributed by atoms with Gasteiger partial charge in [0.2, 0.25) is 0 Å². The summed E-state index contributed by atoms with van der Waals surface area (Å²) in [6, 6.07) is 7.42. The predicted molar refractivity (Wildman–Crippen MR) is 64.6 cm³/mol. The smallest absolute Gasteiger partial charge is 0.407 e. The van der Waals surface area contributed by atoms with Gasteiger partial charge in [-0.3, -0.25) is 0 Å². The van der Waals surface area contributed by atoms with Gasteiger partial charge >= 0.3 is 6.09 Å². The van der Waals surface area contributed by atoms with Crippen LogP contribution in [0.5, 0.6) is 0 Å². The molecule has 0 saturated carbocycles. The lowest BCUT2D eigenvalue weighted by molar-refractivity contribution is 0.141. The van der Waals surface area contributed by atoms with E-state index in [1.54, 1.807) is 13.0 Å². The van der Waals surface area contributed by atoms with E-state index in [1.807, 2.05) is 32.0 Å². The van der Waals surface area contributed by atoms with Gasteiger partial charge in [-0.2, -0.15) is 0 Å². The first-order chi connectivity index (χ1) is 7.47. The number of amides is 1. The van der Waals surface area contributed by atoms with Crippen LogP contribution in [0.4, 0.5) is 4.79 Å². The number of ether oxygens (including phenoxy) is 1. The number of alkyl carbamates (subject to hydrolysis) is 1. The first-order valence-corrected chi connectivity index (χ1v) is 5.55. The lowest BCUT2D eigenvalue weighted by Gasteiger charge is -2.27. The predicted octanol–water partition coefficient (Wildman–Crippen LogP) is 3.32. The second-order valence-corrected chi connectivity index (χ2v) is 4.36. The average Bonchev–Trinajstić information content (AvgIpc) is 2.17. The molecule has 16 heavy (non-hydrogen) atoms. The van der Waals surface area contributed by atoms with Crippen molar-refractivity contribution in [2.75, 3.05) is 6.61 Å². The maximum Gasteiger partial charge on any atom is 0.407 e. The Hall–Kier alpha value is -1.22. The van der Waals surface area contributed by atoms with Crippen molar-refractivity contribution in [3.63, 3.8) is 0 Å². The van der Waals surface area contributed by atoms with Crippen molar-refractivity contribution in [3.8, 4) is 0 Å². The maximum atomic E-state index is 11.4. The first kappa shape index (κ1) is 12.8. The molecule has 0 bridgehead atoms. The van der Waals surface area contributed by atoms with Crippen LogP contribution in [0.2, 0.25) is 5.02 Å². The highest BCUT2D eigenvalue weighted by molar-refractivity contribution is 6.31. The molecule has 1 amide bonds. The topological polar surface area (TPSA) is 38.3 Å². The van der Waals surface area contributed by atoms with Crippen molar-refractivity contribution in [2.45, 2.75) is 26.3 Å². The van der Waals surface area contributed by atoms with E-state index in [0.717, 1.165) is 5.56 Å². The van der Waals surface area contributed by atoms with Gasteiger partial charge in [-0.25, -0.2) is 4.79 Å². The Bertz CT molecular complexity index is 377. The fourth-order valence-electron chi connectivity index (χ4n) is 1.46. The molecule has 0 aliphatic carbocycles. The molecule has 1 aromatic rings. The second-order valence-electron chi connectivity index (χ2n) is 3.95. The zero-order valence-electron chi connectivity index (χ0n) is 9.71. The van der Waals surface area contributed by atoms with E-state index in [-0.39, 0.29) is 0 Å². The van der Waals surface area contributed by atoms with E-state index >= 15 is 0 Å². The van der Waals surface area contributed by atoms with Crippen molar-refractivity contribution in [2.24, 2.45) is 0 Å². The molecule has 3 nitrogen and oxygen atoms in total. The molecule has 0 radical (unpaired) electrons. The quantitative estimate of drug-likeness (QED) is 0.882. The monoisotopic (exact) mass is 241 g/mol. The van der Waals surface area contributed by atoms with Gasteiger partial charge < -0.3 is 10.1 Å². The van der Waals surface area contributed by atoms with E-state index in [1.165, 1.54) is 0 Å². The summed E-state index contributed by atoms with van der Waals surface area (Å²) in [5.41, 5.74) is 0.314. The van der Waals surface area contributed by atoms with Crippen LogP contribution < -0.4 is 5.32 Å². The van der Waals surface area contributed by atoms with Crippen LogP contribution in [-0.2, 0) is 10.3 Å². The van der Waals surface area contributed by atoms with Gasteiger partial charge in [-0.15, -0.1) is 0 Å². The molecule has 1 rings (SSSR count). The Kier molecular flexibility index (Phi) is 4.19. The number of benzene rings is 1. The molecule has 1 aromatic carbocycles. The lowest BCUT2D eigenvalue weighted by Crippen LogP contribution is -2.41. The van der Waals surface area contributed by atoms with Crippen molar-refractivity contribution in [1.29, 1.82) is 0 Å². The van der Waals surface area contributed by atoms with Crippen LogP contribution in [-0.4, -0.2) is 12.7 Å². The normalized spacial score (nSPS) is 11.0. The van der Waals surface area contributed by atoms with Crippen molar-refractivity contribution >= 4 is 17.7 Å². The third-order valence-electron chi connectivity index (χ3n) is 2.24. The van der Waals surface area contributed by atoms with Crippen LogP contribution in [0.25, 0.3) is 0 Å². The minimum Gasteiger partial charge on any atom is -0.450 e. The highest BCUT2D eigenvalue weighted by atomic mass is 35.5. The second kappa shape index (κ2) is 5.21. The summed E-state index contributed by atoms with van der Waals surface area (Å²) in [5.74, 6) is 0. The molecular weight excluding hydrogens is 226 g/mol. The molecule has 0 heterocycles. The summed E-state index contributed by atoms with van der Waals surface area (Å²) >= 11 is 6.08. The lowest BCUT2D eigenvalue weighted by atomic mass is 9.94. The Labute approximate surface area is 101 Å². The van der Waals surface area contributed by atoms with Crippen molar-refractivity contribution < 1.29 is 9.53 Å². The van der Waals surface area contributed by atoms with Gasteiger partial charge in [-0.1, -0.05) is 29.8 Å². The van der Waals surface area contributed by atoms with Gasteiger partial charge in [0.1, 0.15) is 0 Å². The number of rotatable bonds is 3. The largest absolute Gasteiger partial charge is 0.450 e. The maximum absolute atomic E-state index is 11.4. The number of hydrogen-bond donors (Lipinski definition) is 1. The summed E-state index contributed by atoms with van der Waals surface area (Å²) in [7, 11) is 0. The fourth-order valence-corrected chi connectivity index (χ4v) is 1.83. The van der Waals surface area contributed by atoms with Crippen LogP contribution >= 0.6 is 11.6 Å². The van der Waals surface area contributed by atoms with E-state index in [9.17, 15) is 4.79 Å². The van der Waals surface area contributed by atoms with Gasteiger partial charge in [0.05, 0.1) is 12.1 Å².